The second-order valence-electron chi connectivity index (χ2n) is 5.13. The number of aryl methyl sites for hydroxylation is 1. The van der Waals surface area contributed by atoms with E-state index in [2.05, 4.69) is 17.4 Å². The normalized spacial score (nSPS) is 17.4. The number of carbonyl (C=O) groups excluding carboxylic acids is 1. The van der Waals surface area contributed by atoms with Crippen molar-refractivity contribution in [2.24, 2.45) is 0 Å². The van der Waals surface area contributed by atoms with Crippen LogP contribution < -0.4 is 5.32 Å². The van der Waals surface area contributed by atoms with Gasteiger partial charge < -0.3 is 5.32 Å². The highest BCUT2D eigenvalue weighted by atomic mass is 19.1. The highest BCUT2D eigenvalue weighted by molar-refractivity contribution is 5.94. The van der Waals surface area contributed by atoms with Crippen molar-refractivity contribution in [3.05, 3.63) is 71.0 Å². The minimum atomic E-state index is -0.387. The zero-order valence-corrected chi connectivity index (χ0v) is 11.1. The maximum atomic E-state index is 13.2. The number of amides is 1. The molecule has 3 heteroatoms. The average molecular weight is 269 g/mol. The molecule has 0 heterocycles. The number of carbonyl (C=O) groups is 1. The van der Waals surface area contributed by atoms with Crippen molar-refractivity contribution in [3.63, 3.8) is 0 Å². The van der Waals surface area contributed by atoms with Gasteiger partial charge in [0.05, 0.1) is 6.04 Å². The standard InChI is InChI=1S/C17H16FNO/c18-14-8-3-7-13(11-14)17(20)19-16-10-4-6-12-5-1-2-9-15(12)16/h1-3,5,7-9,11,16H,4,6,10H2,(H,19,20)/t16-/m1/s1. The average Bonchev–Trinajstić information content (AvgIpc) is 2.47. The molecule has 1 aliphatic carbocycles. The maximum Gasteiger partial charge on any atom is 0.251 e. The summed E-state index contributed by atoms with van der Waals surface area (Å²) >= 11 is 0. The molecule has 0 radical (unpaired) electrons. The molecule has 0 saturated carbocycles. The van der Waals surface area contributed by atoms with Crippen LogP contribution in [0.2, 0.25) is 0 Å². The molecule has 0 spiro atoms. The van der Waals surface area contributed by atoms with Crippen molar-refractivity contribution in [1.29, 1.82) is 0 Å². The first-order chi connectivity index (χ1) is 9.74. The van der Waals surface area contributed by atoms with Crippen LogP contribution in [0.1, 0.15) is 40.4 Å². The van der Waals surface area contributed by atoms with E-state index in [1.165, 1.54) is 23.3 Å². The van der Waals surface area contributed by atoms with Gasteiger partial charge in [0.2, 0.25) is 0 Å². The first-order valence-corrected chi connectivity index (χ1v) is 6.88. The number of nitrogens with one attached hydrogen (secondary N) is 1. The molecule has 0 aromatic heterocycles. The maximum absolute atomic E-state index is 13.2. The van der Waals surface area contributed by atoms with Crippen LogP contribution in [-0.2, 0) is 6.42 Å². The number of halogens is 1. The third kappa shape index (κ3) is 2.57. The highest BCUT2D eigenvalue weighted by Crippen LogP contribution is 2.29. The third-order valence-electron chi connectivity index (χ3n) is 3.76. The van der Waals surface area contributed by atoms with Crippen molar-refractivity contribution < 1.29 is 9.18 Å². The van der Waals surface area contributed by atoms with E-state index in [0.29, 0.717) is 5.56 Å². The van der Waals surface area contributed by atoms with Crippen molar-refractivity contribution >= 4 is 5.91 Å². The lowest BCUT2D eigenvalue weighted by Gasteiger charge is -2.26. The Morgan fingerprint density at radius 2 is 2.00 bits per heavy atom. The minimum Gasteiger partial charge on any atom is -0.345 e. The number of rotatable bonds is 2. The second-order valence-corrected chi connectivity index (χ2v) is 5.13. The third-order valence-corrected chi connectivity index (χ3v) is 3.76. The molecule has 3 rings (SSSR count). The molecule has 0 bridgehead atoms. The van der Waals surface area contributed by atoms with Crippen LogP contribution in [0, 0.1) is 5.82 Å². The Bertz CT molecular complexity index is 638. The molecule has 1 aliphatic rings. The van der Waals surface area contributed by atoms with Crippen LogP contribution >= 0.6 is 0 Å². The van der Waals surface area contributed by atoms with E-state index in [-0.39, 0.29) is 17.8 Å². The van der Waals surface area contributed by atoms with Crippen LogP contribution in [0.4, 0.5) is 4.39 Å². The van der Waals surface area contributed by atoms with Crippen molar-refractivity contribution in [3.8, 4) is 0 Å². The molecule has 0 aliphatic heterocycles. The quantitative estimate of drug-likeness (QED) is 0.886. The van der Waals surface area contributed by atoms with Gasteiger partial charge in [0.25, 0.3) is 5.91 Å². The molecule has 2 aromatic carbocycles. The lowest BCUT2D eigenvalue weighted by molar-refractivity contribution is 0.0932. The van der Waals surface area contributed by atoms with E-state index < -0.39 is 0 Å². The van der Waals surface area contributed by atoms with Gasteiger partial charge in [0, 0.05) is 5.56 Å². The van der Waals surface area contributed by atoms with E-state index in [0.717, 1.165) is 19.3 Å². The smallest absolute Gasteiger partial charge is 0.251 e. The second kappa shape index (κ2) is 5.45. The van der Waals surface area contributed by atoms with E-state index >= 15 is 0 Å². The number of fused-ring (bicyclic) bond motifs is 1. The largest absolute Gasteiger partial charge is 0.345 e. The van der Waals surface area contributed by atoms with Crippen LogP contribution in [0.15, 0.2) is 48.5 Å². The van der Waals surface area contributed by atoms with Crippen LogP contribution in [-0.4, -0.2) is 5.91 Å². The molecule has 0 fully saturated rings. The lowest BCUT2D eigenvalue weighted by atomic mass is 9.87. The highest BCUT2D eigenvalue weighted by Gasteiger charge is 2.21. The molecule has 102 valence electrons. The SMILES string of the molecule is O=C(N[C@@H]1CCCc2ccccc21)c1cccc(F)c1. The Hall–Kier alpha value is -2.16. The van der Waals surface area contributed by atoms with E-state index in [1.54, 1.807) is 12.1 Å². The predicted molar refractivity (Wildman–Crippen MR) is 76.0 cm³/mol. The fraction of sp³-hybridized carbons (Fsp3) is 0.235. The topological polar surface area (TPSA) is 29.1 Å². The molecule has 20 heavy (non-hydrogen) atoms. The van der Waals surface area contributed by atoms with Crippen LogP contribution in [0.5, 0.6) is 0 Å². The molecular formula is C17H16FNO. The van der Waals surface area contributed by atoms with Crippen LogP contribution in [0.25, 0.3) is 0 Å². The number of hydrogen-bond acceptors (Lipinski definition) is 1. The predicted octanol–water partition coefficient (Wildman–Crippen LogP) is 3.63. The monoisotopic (exact) mass is 269 g/mol. The van der Waals surface area contributed by atoms with Crippen molar-refractivity contribution in [2.45, 2.75) is 25.3 Å². The zero-order chi connectivity index (χ0) is 13.9. The first-order valence-electron chi connectivity index (χ1n) is 6.88. The Morgan fingerprint density at radius 3 is 2.85 bits per heavy atom. The Morgan fingerprint density at radius 1 is 1.15 bits per heavy atom. The van der Waals surface area contributed by atoms with Gasteiger partial charge in [0.1, 0.15) is 5.82 Å². The Kier molecular flexibility index (Phi) is 3.50. The van der Waals surface area contributed by atoms with E-state index in [4.69, 9.17) is 0 Å². The summed E-state index contributed by atoms with van der Waals surface area (Å²) in [6.07, 6.45) is 3.05. The number of benzene rings is 2. The van der Waals surface area contributed by atoms with Gasteiger partial charge in [-0.05, 0) is 48.6 Å². The summed E-state index contributed by atoms with van der Waals surface area (Å²) in [5.41, 5.74) is 2.85. The first kappa shape index (κ1) is 12.9. The lowest BCUT2D eigenvalue weighted by Crippen LogP contribution is -2.31. The van der Waals surface area contributed by atoms with Gasteiger partial charge in [0.15, 0.2) is 0 Å². The molecular weight excluding hydrogens is 253 g/mol. The summed E-state index contributed by atoms with van der Waals surface area (Å²) in [4.78, 5) is 12.2. The molecule has 0 unspecified atom stereocenters. The summed E-state index contributed by atoms with van der Waals surface area (Å²) in [7, 11) is 0. The molecule has 1 N–H and O–H groups in total. The van der Waals surface area contributed by atoms with Crippen molar-refractivity contribution in [1.82, 2.24) is 5.32 Å². The van der Waals surface area contributed by atoms with Gasteiger partial charge in [-0.25, -0.2) is 4.39 Å². The molecule has 0 saturated heterocycles. The van der Waals surface area contributed by atoms with Gasteiger partial charge >= 0.3 is 0 Å². The summed E-state index contributed by atoms with van der Waals surface area (Å²) in [6.45, 7) is 0. The van der Waals surface area contributed by atoms with Gasteiger partial charge in [-0.3, -0.25) is 4.79 Å². The molecule has 2 nitrogen and oxygen atoms in total. The van der Waals surface area contributed by atoms with Crippen LogP contribution in [0.3, 0.4) is 0 Å². The van der Waals surface area contributed by atoms with Gasteiger partial charge in [-0.2, -0.15) is 0 Å². The Balaban J connectivity index is 1.81. The summed E-state index contributed by atoms with van der Waals surface area (Å²) in [5.74, 6) is -0.604. The molecule has 1 amide bonds. The Labute approximate surface area is 117 Å². The minimum absolute atomic E-state index is 0.0238. The van der Waals surface area contributed by atoms with E-state index in [9.17, 15) is 9.18 Å². The number of hydrogen-bond donors (Lipinski definition) is 1. The van der Waals surface area contributed by atoms with Crippen molar-refractivity contribution in [2.75, 3.05) is 0 Å². The summed E-state index contributed by atoms with van der Waals surface area (Å²) < 4.78 is 13.2. The fourth-order valence-corrected chi connectivity index (χ4v) is 2.78. The summed E-state index contributed by atoms with van der Waals surface area (Å²) in [6, 6.07) is 14.0. The zero-order valence-electron chi connectivity index (χ0n) is 11.1. The van der Waals surface area contributed by atoms with E-state index in [1.807, 2.05) is 12.1 Å². The summed E-state index contributed by atoms with van der Waals surface area (Å²) in [5, 5.41) is 3.01. The molecule has 2 aromatic rings. The molecule has 1 atom stereocenters. The van der Waals surface area contributed by atoms with Gasteiger partial charge in [-0.15, -0.1) is 0 Å². The van der Waals surface area contributed by atoms with Gasteiger partial charge in [-0.1, -0.05) is 30.3 Å². The fourth-order valence-electron chi connectivity index (χ4n) is 2.78.